The van der Waals surface area contributed by atoms with Crippen LogP contribution in [0, 0.1) is 0 Å². The maximum absolute atomic E-state index is 12.4. The van der Waals surface area contributed by atoms with E-state index in [4.69, 9.17) is 4.74 Å². The largest absolute Gasteiger partial charge is 0.466 e. The van der Waals surface area contributed by atoms with E-state index in [1.807, 2.05) is 0 Å². The van der Waals surface area contributed by atoms with Gasteiger partial charge in [-0.25, -0.2) is 0 Å². The van der Waals surface area contributed by atoms with Crippen molar-refractivity contribution in [1.29, 1.82) is 0 Å². The normalized spacial score (nSPS) is 12.7. The highest BCUT2D eigenvalue weighted by molar-refractivity contribution is 5.76. The molecular formula is C66H127NO5. The van der Waals surface area contributed by atoms with E-state index in [0.717, 1.165) is 38.5 Å². The van der Waals surface area contributed by atoms with E-state index in [1.54, 1.807) is 0 Å². The number of unbranched alkanes of at least 4 members (excludes halogenated alkanes) is 46. The van der Waals surface area contributed by atoms with E-state index in [2.05, 4.69) is 43.5 Å². The molecule has 6 heteroatoms. The Labute approximate surface area is 450 Å². The molecule has 0 bridgehead atoms. The van der Waals surface area contributed by atoms with E-state index in [9.17, 15) is 19.8 Å². The molecule has 0 aliphatic carbocycles. The van der Waals surface area contributed by atoms with Gasteiger partial charge >= 0.3 is 5.97 Å². The Morgan fingerprint density at radius 2 is 0.653 bits per heavy atom. The molecule has 0 saturated carbocycles. The summed E-state index contributed by atoms with van der Waals surface area (Å²) in [5, 5.41) is 23.2. The van der Waals surface area contributed by atoms with E-state index in [0.29, 0.717) is 25.9 Å². The van der Waals surface area contributed by atoms with E-state index >= 15 is 0 Å². The van der Waals surface area contributed by atoms with Crippen LogP contribution in [-0.2, 0) is 14.3 Å². The van der Waals surface area contributed by atoms with Crippen LogP contribution in [0.1, 0.15) is 361 Å². The van der Waals surface area contributed by atoms with Crippen LogP contribution in [0.3, 0.4) is 0 Å². The highest BCUT2D eigenvalue weighted by Gasteiger charge is 2.20. The third-order valence-electron chi connectivity index (χ3n) is 15.2. The highest BCUT2D eigenvalue weighted by atomic mass is 16.5. The van der Waals surface area contributed by atoms with Crippen LogP contribution in [0.25, 0.3) is 0 Å². The van der Waals surface area contributed by atoms with Gasteiger partial charge in [0, 0.05) is 12.8 Å². The Hall–Kier alpha value is -1.66. The summed E-state index contributed by atoms with van der Waals surface area (Å²) in [5.41, 5.74) is 0. The number of ether oxygens (including phenoxy) is 1. The van der Waals surface area contributed by atoms with E-state index in [-0.39, 0.29) is 18.5 Å². The maximum Gasteiger partial charge on any atom is 0.305 e. The van der Waals surface area contributed by atoms with Crippen molar-refractivity contribution in [2.45, 2.75) is 373 Å². The molecule has 0 spiro atoms. The van der Waals surface area contributed by atoms with Crippen molar-refractivity contribution >= 4 is 11.9 Å². The first-order valence-corrected chi connectivity index (χ1v) is 32.6. The first-order valence-electron chi connectivity index (χ1n) is 32.6. The summed E-state index contributed by atoms with van der Waals surface area (Å²) < 4.78 is 5.50. The monoisotopic (exact) mass is 1010 g/mol. The molecule has 72 heavy (non-hydrogen) atoms. The van der Waals surface area contributed by atoms with Crippen molar-refractivity contribution in [2.24, 2.45) is 0 Å². The van der Waals surface area contributed by atoms with Crippen molar-refractivity contribution in [3.63, 3.8) is 0 Å². The number of nitrogens with one attached hydrogen (secondary N) is 1. The number of amides is 1. The molecule has 426 valence electrons. The molecule has 0 aromatic carbocycles. The molecular weight excluding hydrogens is 887 g/mol. The molecule has 0 saturated heterocycles. The number of aliphatic hydroxyl groups is 2. The molecule has 0 aromatic heterocycles. The van der Waals surface area contributed by atoms with Gasteiger partial charge in [-0.3, -0.25) is 9.59 Å². The highest BCUT2D eigenvalue weighted by Crippen LogP contribution is 2.18. The minimum absolute atomic E-state index is 0.0143. The minimum atomic E-state index is -0.663. The summed E-state index contributed by atoms with van der Waals surface area (Å²) in [5.74, 6) is -0.0230. The number of allylic oxidation sites excluding steroid dienone is 4. The van der Waals surface area contributed by atoms with Crippen molar-refractivity contribution < 1.29 is 24.5 Å². The number of carbonyl (C=O) groups excluding carboxylic acids is 2. The van der Waals surface area contributed by atoms with Gasteiger partial charge in [0.2, 0.25) is 5.91 Å². The summed E-state index contributed by atoms with van der Waals surface area (Å²) in [4.78, 5) is 24.5. The Morgan fingerprint density at radius 1 is 0.375 bits per heavy atom. The van der Waals surface area contributed by atoms with E-state index < -0.39 is 12.1 Å². The third-order valence-corrected chi connectivity index (χ3v) is 15.2. The maximum atomic E-state index is 12.4. The molecule has 1 amide bonds. The Balaban J connectivity index is 3.34. The average Bonchev–Trinajstić information content (AvgIpc) is 3.38. The van der Waals surface area contributed by atoms with Gasteiger partial charge in [0.1, 0.15) is 0 Å². The summed E-state index contributed by atoms with van der Waals surface area (Å²) in [6.45, 7) is 4.95. The number of esters is 1. The van der Waals surface area contributed by atoms with Gasteiger partial charge in [-0.1, -0.05) is 295 Å². The predicted octanol–water partition coefficient (Wildman–Crippen LogP) is 20.6. The van der Waals surface area contributed by atoms with Crippen LogP contribution in [0.15, 0.2) is 24.3 Å². The van der Waals surface area contributed by atoms with Crippen LogP contribution in [0.5, 0.6) is 0 Å². The third kappa shape index (κ3) is 57.6. The van der Waals surface area contributed by atoms with Gasteiger partial charge in [-0.05, 0) is 77.0 Å². The number of hydrogen-bond donors (Lipinski definition) is 3. The number of carbonyl (C=O) groups is 2. The van der Waals surface area contributed by atoms with Gasteiger partial charge in [-0.15, -0.1) is 0 Å². The second-order valence-electron chi connectivity index (χ2n) is 22.4. The lowest BCUT2D eigenvalue weighted by Gasteiger charge is -2.22. The molecule has 0 fully saturated rings. The van der Waals surface area contributed by atoms with Gasteiger partial charge in [0.05, 0.1) is 25.4 Å². The van der Waals surface area contributed by atoms with Crippen LogP contribution in [0.4, 0.5) is 0 Å². The Morgan fingerprint density at radius 3 is 0.986 bits per heavy atom. The fourth-order valence-electron chi connectivity index (χ4n) is 10.2. The lowest BCUT2D eigenvalue weighted by Crippen LogP contribution is -2.45. The van der Waals surface area contributed by atoms with Crippen molar-refractivity contribution in [1.82, 2.24) is 5.32 Å². The van der Waals surface area contributed by atoms with Gasteiger partial charge in [-0.2, -0.15) is 0 Å². The van der Waals surface area contributed by atoms with Gasteiger partial charge < -0.3 is 20.3 Å². The zero-order valence-electron chi connectivity index (χ0n) is 48.7. The lowest BCUT2D eigenvalue weighted by molar-refractivity contribution is -0.143. The predicted molar refractivity (Wildman–Crippen MR) is 315 cm³/mol. The molecule has 0 heterocycles. The van der Waals surface area contributed by atoms with Crippen LogP contribution < -0.4 is 5.32 Å². The average molecular weight is 1010 g/mol. The molecule has 3 N–H and O–H groups in total. The topological polar surface area (TPSA) is 95.9 Å². The molecule has 0 aliphatic heterocycles. The molecule has 0 rings (SSSR count). The summed E-state index contributed by atoms with van der Waals surface area (Å²) in [7, 11) is 0. The summed E-state index contributed by atoms with van der Waals surface area (Å²) in [6.07, 6.45) is 76.4. The summed E-state index contributed by atoms with van der Waals surface area (Å²) in [6, 6.07) is -0.541. The first kappa shape index (κ1) is 70.3. The van der Waals surface area contributed by atoms with Crippen molar-refractivity contribution in [2.75, 3.05) is 13.2 Å². The first-order chi connectivity index (χ1) is 35.5. The van der Waals surface area contributed by atoms with Crippen molar-refractivity contribution in [3.05, 3.63) is 24.3 Å². The molecule has 6 nitrogen and oxygen atoms in total. The fraction of sp³-hybridized carbons (Fsp3) is 0.909. The fourth-order valence-corrected chi connectivity index (χ4v) is 10.2. The number of aliphatic hydroxyl groups excluding tert-OH is 2. The van der Waals surface area contributed by atoms with Crippen LogP contribution in [-0.4, -0.2) is 47.4 Å². The SMILES string of the molecule is CCCCCCCC/C=C\CCCCCCCCCCCC(=O)OCCCCCCCCCCCCCC/C=C\CCCCCCCCCCCCC(=O)NC(CO)C(O)CCCCCCCCCCCC. The second kappa shape index (κ2) is 61.9. The van der Waals surface area contributed by atoms with E-state index in [1.165, 1.54) is 289 Å². The minimum Gasteiger partial charge on any atom is -0.466 e. The van der Waals surface area contributed by atoms with Crippen LogP contribution >= 0.6 is 0 Å². The molecule has 0 aliphatic rings. The zero-order valence-corrected chi connectivity index (χ0v) is 48.7. The van der Waals surface area contributed by atoms with Crippen molar-refractivity contribution in [3.8, 4) is 0 Å². The quantitative estimate of drug-likeness (QED) is 0.0320. The standard InChI is InChI=1S/C66H127NO5/c1-3-5-7-9-11-13-15-16-17-18-27-31-34-37-40-44-48-52-56-60-66(71)72-61-57-53-49-45-41-38-35-32-29-26-24-22-20-19-21-23-25-28-30-33-36-39-43-47-51-55-59-65(70)67-63(62-68)64(69)58-54-50-46-42-14-12-10-8-6-4-2/h16-17,19,21,63-64,68-69H,3-15,18,20,22-62H2,1-2H3,(H,67,70)/b17-16-,21-19-. The molecule has 2 unspecified atom stereocenters. The number of hydrogen-bond acceptors (Lipinski definition) is 5. The van der Waals surface area contributed by atoms with Gasteiger partial charge in [0.15, 0.2) is 0 Å². The Bertz CT molecular complexity index is 1120. The number of rotatable bonds is 61. The zero-order chi connectivity index (χ0) is 52.2. The smallest absolute Gasteiger partial charge is 0.305 e. The van der Waals surface area contributed by atoms with Crippen LogP contribution in [0.2, 0.25) is 0 Å². The molecule has 0 radical (unpaired) electrons. The lowest BCUT2D eigenvalue weighted by atomic mass is 10.0. The Kier molecular flexibility index (Phi) is 60.5. The molecule has 0 aromatic rings. The second-order valence-corrected chi connectivity index (χ2v) is 22.4. The van der Waals surface area contributed by atoms with Gasteiger partial charge in [0.25, 0.3) is 0 Å². The molecule has 2 atom stereocenters. The summed E-state index contributed by atoms with van der Waals surface area (Å²) >= 11 is 0.